The van der Waals surface area contributed by atoms with Crippen molar-refractivity contribution in [1.82, 2.24) is 4.98 Å². The van der Waals surface area contributed by atoms with Crippen LogP contribution in [-0.2, 0) is 0 Å². The molecule has 0 saturated carbocycles. The fraction of sp³-hybridized carbons (Fsp3) is 0.154. The molecule has 0 spiro atoms. The van der Waals surface area contributed by atoms with E-state index in [-0.39, 0.29) is 5.56 Å². The Labute approximate surface area is 104 Å². The van der Waals surface area contributed by atoms with Crippen LogP contribution in [0.1, 0.15) is 22.8 Å². The summed E-state index contributed by atoms with van der Waals surface area (Å²) in [7, 11) is 0. The minimum atomic E-state index is -1.03. The van der Waals surface area contributed by atoms with E-state index in [1.54, 1.807) is 18.2 Å². The molecule has 0 saturated heterocycles. The Morgan fingerprint density at radius 2 is 2.12 bits per heavy atom. The van der Waals surface area contributed by atoms with Crippen LogP contribution in [0.25, 0.3) is 0 Å². The van der Waals surface area contributed by atoms with Gasteiger partial charge in [0.1, 0.15) is 11.9 Å². The lowest BCUT2D eigenvalue weighted by atomic mass is 10.0. The number of rotatable bonds is 2. The van der Waals surface area contributed by atoms with E-state index < -0.39 is 11.9 Å². The van der Waals surface area contributed by atoms with Gasteiger partial charge < -0.3 is 5.11 Å². The highest BCUT2D eigenvalue weighted by Gasteiger charge is 2.15. The highest BCUT2D eigenvalue weighted by molar-refractivity contribution is 6.31. The molecule has 0 fully saturated rings. The van der Waals surface area contributed by atoms with Gasteiger partial charge in [-0.3, -0.25) is 4.98 Å². The molecule has 2 nitrogen and oxygen atoms in total. The van der Waals surface area contributed by atoms with Crippen molar-refractivity contribution >= 4 is 11.6 Å². The predicted molar refractivity (Wildman–Crippen MR) is 64.4 cm³/mol. The number of hydrogen-bond acceptors (Lipinski definition) is 2. The van der Waals surface area contributed by atoms with Crippen molar-refractivity contribution in [2.75, 3.05) is 0 Å². The highest BCUT2D eigenvalue weighted by Crippen LogP contribution is 2.27. The number of aryl methyl sites for hydroxylation is 1. The van der Waals surface area contributed by atoms with Gasteiger partial charge in [0.25, 0.3) is 0 Å². The molecular formula is C13H11ClFNO. The molecule has 4 heteroatoms. The van der Waals surface area contributed by atoms with Crippen molar-refractivity contribution in [3.8, 4) is 0 Å². The van der Waals surface area contributed by atoms with Crippen molar-refractivity contribution in [3.63, 3.8) is 0 Å². The highest BCUT2D eigenvalue weighted by atomic mass is 35.5. The van der Waals surface area contributed by atoms with E-state index >= 15 is 0 Å². The third-order valence-corrected chi connectivity index (χ3v) is 3.02. The van der Waals surface area contributed by atoms with Crippen molar-refractivity contribution in [2.45, 2.75) is 13.0 Å². The summed E-state index contributed by atoms with van der Waals surface area (Å²) >= 11 is 5.97. The van der Waals surface area contributed by atoms with Gasteiger partial charge >= 0.3 is 0 Å². The van der Waals surface area contributed by atoms with Gasteiger partial charge in [0, 0.05) is 16.8 Å². The van der Waals surface area contributed by atoms with Crippen LogP contribution in [0.2, 0.25) is 5.02 Å². The molecule has 0 aliphatic heterocycles. The number of pyridine rings is 1. The minimum absolute atomic E-state index is 0.194. The van der Waals surface area contributed by atoms with E-state index in [9.17, 15) is 9.50 Å². The van der Waals surface area contributed by atoms with Crippen LogP contribution < -0.4 is 0 Å². The molecule has 1 unspecified atom stereocenters. The van der Waals surface area contributed by atoms with Crippen LogP contribution in [-0.4, -0.2) is 10.1 Å². The Hall–Kier alpha value is -1.45. The van der Waals surface area contributed by atoms with E-state index in [0.29, 0.717) is 10.6 Å². The second-order valence-corrected chi connectivity index (χ2v) is 4.22. The zero-order valence-corrected chi connectivity index (χ0v) is 9.95. The first-order valence-corrected chi connectivity index (χ1v) is 5.51. The van der Waals surface area contributed by atoms with Crippen LogP contribution in [0.5, 0.6) is 0 Å². The number of hydrogen-bond donors (Lipinski definition) is 1. The van der Waals surface area contributed by atoms with Gasteiger partial charge in [-0.05, 0) is 30.2 Å². The van der Waals surface area contributed by atoms with Crippen molar-refractivity contribution < 1.29 is 9.50 Å². The lowest BCUT2D eigenvalue weighted by molar-refractivity contribution is 0.214. The van der Waals surface area contributed by atoms with Crippen LogP contribution >= 0.6 is 11.6 Å². The lowest BCUT2D eigenvalue weighted by Crippen LogP contribution is -2.03. The quantitative estimate of drug-likeness (QED) is 0.889. The number of nitrogens with zero attached hydrogens (tertiary/aromatic N) is 1. The lowest BCUT2D eigenvalue weighted by Gasteiger charge is -2.13. The second kappa shape index (κ2) is 4.82. The van der Waals surface area contributed by atoms with Crippen LogP contribution in [0.4, 0.5) is 4.39 Å². The molecule has 88 valence electrons. The maximum absolute atomic E-state index is 13.5. The number of benzene rings is 1. The normalized spacial score (nSPS) is 12.5. The Bertz CT molecular complexity index is 545. The molecule has 0 aliphatic rings. The molecule has 0 radical (unpaired) electrons. The summed E-state index contributed by atoms with van der Waals surface area (Å²) < 4.78 is 13.5. The molecule has 2 rings (SSSR count). The molecule has 17 heavy (non-hydrogen) atoms. The Kier molecular flexibility index (Phi) is 3.41. The molecule has 0 bridgehead atoms. The van der Waals surface area contributed by atoms with Crippen LogP contribution in [0.15, 0.2) is 36.7 Å². The number of aliphatic hydroxyl groups is 1. The largest absolute Gasteiger partial charge is 0.384 e. The molecule has 1 atom stereocenters. The molecule has 0 aliphatic carbocycles. The Balaban J connectivity index is 2.40. The molecule has 1 aromatic heterocycles. The van der Waals surface area contributed by atoms with Gasteiger partial charge in [-0.25, -0.2) is 4.39 Å². The third kappa shape index (κ3) is 2.46. The molecule has 2 aromatic rings. The third-order valence-electron chi connectivity index (χ3n) is 2.61. The fourth-order valence-electron chi connectivity index (χ4n) is 1.57. The Morgan fingerprint density at radius 3 is 2.76 bits per heavy atom. The maximum Gasteiger partial charge on any atom is 0.147 e. The molecule has 0 amide bonds. The zero-order valence-electron chi connectivity index (χ0n) is 9.19. The number of aromatic nitrogens is 1. The monoisotopic (exact) mass is 251 g/mol. The summed E-state index contributed by atoms with van der Waals surface area (Å²) in [5.74, 6) is -0.531. The second-order valence-electron chi connectivity index (χ2n) is 3.81. The SMILES string of the molecule is Cc1ccc(C(O)c2ccncc2F)cc1Cl. The first kappa shape index (κ1) is 12.0. The van der Waals surface area contributed by atoms with Gasteiger partial charge in [0.05, 0.1) is 6.20 Å². The number of halogens is 2. The van der Waals surface area contributed by atoms with Gasteiger partial charge in [-0.15, -0.1) is 0 Å². The van der Waals surface area contributed by atoms with E-state index in [2.05, 4.69) is 4.98 Å². The van der Waals surface area contributed by atoms with E-state index in [0.717, 1.165) is 11.8 Å². The average Bonchev–Trinajstić information content (AvgIpc) is 2.32. The summed E-state index contributed by atoms with van der Waals surface area (Å²) in [4.78, 5) is 3.64. The van der Waals surface area contributed by atoms with Gasteiger partial charge in [0.2, 0.25) is 0 Å². The van der Waals surface area contributed by atoms with Crippen molar-refractivity contribution in [2.24, 2.45) is 0 Å². The minimum Gasteiger partial charge on any atom is -0.384 e. The Morgan fingerprint density at radius 1 is 1.35 bits per heavy atom. The van der Waals surface area contributed by atoms with Crippen LogP contribution in [0.3, 0.4) is 0 Å². The average molecular weight is 252 g/mol. The van der Waals surface area contributed by atoms with Gasteiger partial charge in [-0.1, -0.05) is 23.7 Å². The first-order chi connectivity index (χ1) is 8.09. The summed E-state index contributed by atoms with van der Waals surface area (Å²) in [5.41, 5.74) is 1.67. The molecule has 1 heterocycles. The van der Waals surface area contributed by atoms with Crippen molar-refractivity contribution in [3.05, 3.63) is 64.2 Å². The molecule has 1 N–H and O–H groups in total. The van der Waals surface area contributed by atoms with Crippen LogP contribution in [0, 0.1) is 12.7 Å². The smallest absolute Gasteiger partial charge is 0.147 e. The summed E-state index contributed by atoms with van der Waals surface area (Å²) in [6, 6.07) is 6.61. The summed E-state index contributed by atoms with van der Waals surface area (Å²) in [6.45, 7) is 1.87. The summed E-state index contributed by atoms with van der Waals surface area (Å²) in [6.07, 6.45) is 1.49. The number of aliphatic hydroxyl groups excluding tert-OH is 1. The summed E-state index contributed by atoms with van der Waals surface area (Å²) in [5, 5.41) is 10.6. The zero-order chi connectivity index (χ0) is 12.4. The predicted octanol–water partition coefficient (Wildman–Crippen LogP) is 3.26. The van der Waals surface area contributed by atoms with E-state index in [1.165, 1.54) is 12.3 Å². The fourth-order valence-corrected chi connectivity index (χ4v) is 1.76. The topological polar surface area (TPSA) is 33.1 Å². The maximum atomic E-state index is 13.5. The van der Waals surface area contributed by atoms with Gasteiger partial charge in [-0.2, -0.15) is 0 Å². The molecule has 1 aromatic carbocycles. The molecular weight excluding hydrogens is 241 g/mol. The standard InChI is InChI=1S/C13H11ClFNO/c1-8-2-3-9(6-11(8)14)13(17)10-4-5-16-7-12(10)15/h2-7,13,17H,1H3. The first-order valence-electron chi connectivity index (χ1n) is 5.13. The van der Waals surface area contributed by atoms with E-state index in [1.807, 2.05) is 6.92 Å². The van der Waals surface area contributed by atoms with Gasteiger partial charge in [0.15, 0.2) is 0 Å². The van der Waals surface area contributed by atoms with E-state index in [4.69, 9.17) is 11.6 Å². The van der Waals surface area contributed by atoms with Crippen molar-refractivity contribution in [1.29, 1.82) is 0 Å².